The van der Waals surface area contributed by atoms with Crippen molar-refractivity contribution in [3.05, 3.63) is 64.7 Å². The molecule has 3 rings (SSSR count). The van der Waals surface area contributed by atoms with Gasteiger partial charge in [0.25, 0.3) is 0 Å². The number of hydrogen-bond acceptors (Lipinski definition) is 2. The summed E-state index contributed by atoms with van der Waals surface area (Å²) in [5.41, 5.74) is -0.842. The number of hydrogen-bond donors (Lipinski definition) is 1. The standard InChI is InChI=1S/C24H22ClF3N2O2/c1-2-21(31)30(18-12-8-9-16(15-18)24(26,27)28)22(19-13-6-7-14-20(19)25)23(32)29-17-10-4-3-5-11-17/h1,6-9,12-15,17,22H,3-5,10-11H2,(H,29,32). The van der Waals surface area contributed by atoms with Gasteiger partial charge in [0.15, 0.2) is 0 Å². The van der Waals surface area contributed by atoms with Crippen LogP contribution in [0, 0.1) is 12.3 Å². The zero-order valence-electron chi connectivity index (χ0n) is 17.2. The fourth-order valence-electron chi connectivity index (χ4n) is 3.91. The highest BCUT2D eigenvalue weighted by atomic mass is 35.5. The Morgan fingerprint density at radius 2 is 1.78 bits per heavy atom. The monoisotopic (exact) mass is 462 g/mol. The lowest BCUT2D eigenvalue weighted by Gasteiger charge is -2.33. The molecule has 0 spiro atoms. The molecule has 1 unspecified atom stereocenters. The molecule has 1 saturated carbocycles. The molecule has 0 heterocycles. The van der Waals surface area contributed by atoms with Gasteiger partial charge in [-0.3, -0.25) is 14.5 Å². The molecule has 1 N–H and O–H groups in total. The Morgan fingerprint density at radius 3 is 2.41 bits per heavy atom. The lowest BCUT2D eigenvalue weighted by atomic mass is 9.94. The van der Waals surface area contributed by atoms with Gasteiger partial charge < -0.3 is 5.32 Å². The van der Waals surface area contributed by atoms with Gasteiger partial charge >= 0.3 is 12.1 Å². The summed E-state index contributed by atoms with van der Waals surface area (Å²) in [6.07, 6.45) is 5.28. The largest absolute Gasteiger partial charge is 0.416 e. The third-order valence-corrected chi connectivity index (χ3v) is 5.80. The molecule has 0 aliphatic heterocycles. The minimum Gasteiger partial charge on any atom is -0.351 e. The Hall–Kier alpha value is -2.98. The van der Waals surface area contributed by atoms with Crippen LogP contribution in [0.5, 0.6) is 0 Å². The SMILES string of the molecule is C#CC(=O)N(c1cccc(C(F)(F)F)c1)C(C(=O)NC1CCCCC1)c1ccccc1Cl. The number of terminal acetylenes is 1. The molecule has 8 heteroatoms. The number of benzene rings is 2. The van der Waals surface area contributed by atoms with Crippen molar-refractivity contribution in [2.45, 2.75) is 50.4 Å². The van der Waals surface area contributed by atoms with Crippen LogP contribution < -0.4 is 10.2 Å². The molecular weight excluding hydrogens is 441 g/mol. The Balaban J connectivity index is 2.10. The molecule has 0 bridgehead atoms. The molecule has 2 amide bonds. The third kappa shape index (κ3) is 5.43. The van der Waals surface area contributed by atoms with E-state index in [0.29, 0.717) is 0 Å². The van der Waals surface area contributed by atoms with E-state index in [-0.39, 0.29) is 22.3 Å². The van der Waals surface area contributed by atoms with Gasteiger partial charge in [-0.25, -0.2) is 0 Å². The van der Waals surface area contributed by atoms with Crippen LogP contribution in [0.1, 0.15) is 49.3 Å². The zero-order valence-corrected chi connectivity index (χ0v) is 17.9. The van der Waals surface area contributed by atoms with Crippen molar-refractivity contribution in [1.29, 1.82) is 0 Å². The summed E-state index contributed by atoms with van der Waals surface area (Å²) in [5, 5.41) is 3.13. The van der Waals surface area contributed by atoms with Crippen LogP contribution in [0.3, 0.4) is 0 Å². The number of nitrogens with zero attached hydrogens (tertiary/aromatic N) is 1. The first-order valence-electron chi connectivity index (χ1n) is 10.2. The number of amides is 2. The second kappa shape index (κ2) is 10.1. The van der Waals surface area contributed by atoms with E-state index in [1.165, 1.54) is 6.07 Å². The van der Waals surface area contributed by atoms with Gasteiger partial charge in [0.2, 0.25) is 5.91 Å². The molecular formula is C24H22ClF3N2O2. The van der Waals surface area contributed by atoms with Gasteiger partial charge in [-0.2, -0.15) is 13.2 Å². The lowest BCUT2D eigenvalue weighted by molar-refractivity contribution is -0.137. The molecule has 168 valence electrons. The van der Waals surface area contributed by atoms with Crippen LogP contribution in [0.15, 0.2) is 48.5 Å². The summed E-state index contributed by atoms with van der Waals surface area (Å²) in [6, 6.07) is 9.11. The Labute approximate surface area is 189 Å². The predicted octanol–water partition coefficient (Wildman–Crippen LogP) is 5.52. The van der Waals surface area contributed by atoms with Crippen LogP contribution in [0.25, 0.3) is 0 Å². The summed E-state index contributed by atoms with van der Waals surface area (Å²) in [6.45, 7) is 0. The normalized spacial score (nSPS) is 15.5. The van der Waals surface area contributed by atoms with Gasteiger partial charge in [0.1, 0.15) is 6.04 Å². The molecule has 1 fully saturated rings. The maximum Gasteiger partial charge on any atom is 0.416 e. The number of nitrogens with one attached hydrogen (secondary N) is 1. The van der Waals surface area contributed by atoms with Crippen molar-refractivity contribution in [1.82, 2.24) is 5.32 Å². The van der Waals surface area contributed by atoms with E-state index in [4.69, 9.17) is 18.0 Å². The topological polar surface area (TPSA) is 49.4 Å². The van der Waals surface area contributed by atoms with Crippen molar-refractivity contribution < 1.29 is 22.8 Å². The van der Waals surface area contributed by atoms with Crippen LogP contribution in [0.2, 0.25) is 5.02 Å². The maximum absolute atomic E-state index is 13.4. The molecule has 0 radical (unpaired) electrons. The highest BCUT2D eigenvalue weighted by Crippen LogP contribution is 2.36. The van der Waals surface area contributed by atoms with Gasteiger partial charge in [-0.15, -0.1) is 6.42 Å². The van der Waals surface area contributed by atoms with Crippen molar-refractivity contribution in [2.75, 3.05) is 4.90 Å². The molecule has 1 aliphatic rings. The van der Waals surface area contributed by atoms with Crippen molar-refractivity contribution in [3.63, 3.8) is 0 Å². The summed E-state index contributed by atoms with van der Waals surface area (Å²) in [5.74, 6) is 0.432. The molecule has 32 heavy (non-hydrogen) atoms. The fraction of sp³-hybridized carbons (Fsp3) is 0.333. The van der Waals surface area contributed by atoms with E-state index in [2.05, 4.69) is 5.32 Å². The fourth-order valence-corrected chi connectivity index (χ4v) is 4.15. The molecule has 0 saturated heterocycles. The summed E-state index contributed by atoms with van der Waals surface area (Å²) >= 11 is 6.34. The van der Waals surface area contributed by atoms with Gasteiger partial charge in [0, 0.05) is 22.3 Å². The summed E-state index contributed by atoms with van der Waals surface area (Å²) in [4.78, 5) is 27.1. The van der Waals surface area contributed by atoms with Gasteiger partial charge in [-0.05, 0) is 43.0 Å². The second-order valence-electron chi connectivity index (χ2n) is 7.64. The molecule has 1 atom stereocenters. The van der Waals surface area contributed by atoms with Crippen LogP contribution in [-0.4, -0.2) is 17.9 Å². The highest BCUT2D eigenvalue weighted by Gasteiger charge is 2.36. The third-order valence-electron chi connectivity index (χ3n) is 5.45. The highest BCUT2D eigenvalue weighted by molar-refractivity contribution is 6.31. The van der Waals surface area contributed by atoms with E-state index in [1.54, 1.807) is 24.3 Å². The molecule has 2 aromatic rings. The van der Waals surface area contributed by atoms with E-state index >= 15 is 0 Å². The second-order valence-corrected chi connectivity index (χ2v) is 8.04. The van der Waals surface area contributed by atoms with E-state index in [0.717, 1.165) is 55.2 Å². The number of alkyl halides is 3. The smallest absolute Gasteiger partial charge is 0.351 e. The first kappa shape index (κ1) is 23.7. The predicted molar refractivity (Wildman–Crippen MR) is 117 cm³/mol. The van der Waals surface area contributed by atoms with Crippen molar-refractivity contribution in [2.24, 2.45) is 0 Å². The van der Waals surface area contributed by atoms with Crippen molar-refractivity contribution >= 4 is 29.1 Å². The minimum atomic E-state index is -4.63. The van der Waals surface area contributed by atoms with Gasteiger partial charge in [-0.1, -0.05) is 55.1 Å². The Bertz CT molecular complexity index is 1030. The van der Waals surface area contributed by atoms with E-state index in [9.17, 15) is 22.8 Å². The van der Waals surface area contributed by atoms with E-state index < -0.39 is 29.6 Å². The Kier molecular flexibility index (Phi) is 7.47. The van der Waals surface area contributed by atoms with Crippen LogP contribution in [-0.2, 0) is 15.8 Å². The molecule has 0 aromatic heterocycles. The summed E-state index contributed by atoms with van der Waals surface area (Å²) in [7, 11) is 0. The number of halogens is 4. The quantitative estimate of drug-likeness (QED) is 0.595. The number of carbonyl (C=O) groups is 2. The molecule has 2 aromatic carbocycles. The number of carbonyl (C=O) groups excluding carboxylic acids is 2. The minimum absolute atomic E-state index is 0.0921. The van der Waals surface area contributed by atoms with Gasteiger partial charge in [0.05, 0.1) is 5.56 Å². The number of rotatable bonds is 5. The zero-order chi connectivity index (χ0) is 23.3. The lowest BCUT2D eigenvalue weighted by Crippen LogP contribution is -2.47. The average Bonchev–Trinajstić information content (AvgIpc) is 2.77. The number of anilines is 1. The van der Waals surface area contributed by atoms with Crippen molar-refractivity contribution in [3.8, 4) is 12.3 Å². The van der Waals surface area contributed by atoms with Crippen LogP contribution in [0.4, 0.5) is 18.9 Å². The Morgan fingerprint density at radius 1 is 1.09 bits per heavy atom. The van der Waals surface area contributed by atoms with Crippen LogP contribution >= 0.6 is 11.6 Å². The maximum atomic E-state index is 13.4. The van der Waals surface area contributed by atoms with E-state index in [1.807, 2.05) is 5.92 Å². The molecule has 4 nitrogen and oxygen atoms in total. The first-order chi connectivity index (χ1) is 15.2. The summed E-state index contributed by atoms with van der Waals surface area (Å²) < 4.78 is 40.0. The average molecular weight is 463 g/mol. The first-order valence-corrected chi connectivity index (χ1v) is 10.6. The molecule has 1 aliphatic carbocycles.